The van der Waals surface area contributed by atoms with Crippen LogP contribution in [0.15, 0.2) is 12.1 Å². The predicted molar refractivity (Wildman–Crippen MR) is 76.6 cm³/mol. The van der Waals surface area contributed by atoms with E-state index in [0.717, 1.165) is 0 Å². The van der Waals surface area contributed by atoms with Crippen molar-refractivity contribution in [3.05, 3.63) is 28.3 Å². The van der Waals surface area contributed by atoms with E-state index < -0.39 is 11.5 Å². The minimum atomic E-state index is -1.02. The summed E-state index contributed by atoms with van der Waals surface area (Å²) >= 11 is 6.13. The molecule has 1 aliphatic rings. The van der Waals surface area contributed by atoms with Gasteiger partial charge in [0.25, 0.3) is 0 Å². The smallest absolute Gasteiger partial charge is 0.240 e. The second-order valence-corrected chi connectivity index (χ2v) is 5.90. The summed E-state index contributed by atoms with van der Waals surface area (Å²) in [7, 11) is 0. The summed E-state index contributed by atoms with van der Waals surface area (Å²) in [4.78, 5) is 26.1. The Hall–Kier alpha value is -1.86. The molecule has 1 saturated heterocycles. The van der Waals surface area contributed by atoms with Gasteiger partial charge in [-0.15, -0.1) is 0 Å². The van der Waals surface area contributed by atoms with Crippen LogP contribution in [0.25, 0.3) is 0 Å². The highest BCUT2D eigenvalue weighted by Crippen LogP contribution is 2.39. The number of nitrogens with zero attached hydrogens (tertiary/aromatic N) is 2. The number of nitriles is 1. The van der Waals surface area contributed by atoms with Gasteiger partial charge in [-0.2, -0.15) is 5.26 Å². The number of benzene rings is 1. The molecule has 104 valence electrons. The first-order chi connectivity index (χ1) is 9.23. The third-order valence-corrected chi connectivity index (χ3v) is 4.36. The van der Waals surface area contributed by atoms with Crippen LogP contribution >= 0.6 is 11.6 Å². The number of anilines is 1. The zero-order chi connectivity index (χ0) is 15.2. The number of carbonyl (C=O) groups is 2. The third-order valence-electron chi connectivity index (χ3n) is 3.87. The maximum Gasteiger partial charge on any atom is 0.240 e. The van der Waals surface area contributed by atoms with Crippen molar-refractivity contribution in [1.29, 1.82) is 5.26 Å². The average molecular weight is 291 g/mol. The summed E-state index contributed by atoms with van der Waals surface area (Å²) < 4.78 is 0. The molecule has 0 aromatic heterocycles. The van der Waals surface area contributed by atoms with E-state index >= 15 is 0 Å². The Bertz CT molecular complexity index is 659. The average Bonchev–Trinajstić information content (AvgIpc) is 2.55. The van der Waals surface area contributed by atoms with E-state index in [1.54, 1.807) is 39.8 Å². The van der Waals surface area contributed by atoms with Crippen LogP contribution in [0.4, 0.5) is 5.69 Å². The number of carbonyl (C=O) groups excluding carboxylic acids is 2. The van der Waals surface area contributed by atoms with Crippen molar-refractivity contribution in [2.45, 2.75) is 33.7 Å². The molecule has 0 spiro atoms. The highest BCUT2D eigenvalue weighted by Gasteiger charge is 2.52. The van der Waals surface area contributed by atoms with Gasteiger partial charge in [-0.25, -0.2) is 0 Å². The Morgan fingerprint density at radius 3 is 2.40 bits per heavy atom. The first-order valence-electron chi connectivity index (χ1n) is 6.30. The standard InChI is InChI=1S/C15H15ClN2O2/c1-8-11(6-5-10(7-17)12(8)16)18-9(2)13(19)15(3,4)14(18)20/h5-6,9H,1-4H3. The van der Waals surface area contributed by atoms with Gasteiger partial charge in [0.05, 0.1) is 16.6 Å². The van der Waals surface area contributed by atoms with Gasteiger partial charge in [-0.05, 0) is 45.4 Å². The molecule has 0 aliphatic carbocycles. The van der Waals surface area contributed by atoms with Gasteiger partial charge in [0, 0.05) is 5.69 Å². The molecule has 1 heterocycles. The quantitative estimate of drug-likeness (QED) is 0.747. The maximum atomic E-state index is 12.5. The van der Waals surface area contributed by atoms with E-state index in [0.29, 0.717) is 21.8 Å². The summed E-state index contributed by atoms with van der Waals surface area (Å²) in [6, 6.07) is 4.71. The molecule has 1 unspecified atom stereocenters. The molecule has 5 heteroatoms. The van der Waals surface area contributed by atoms with Crippen molar-refractivity contribution < 1.29 is 9.59 Å². The monoisotopic (exact) mass is 290 g/mol. The molecule has 0 N–H and O–H groups in total. The molecule has 1 aromatic carbocycles. The van der Waals surface area contributed by atoms with Crippen molar-refractivity contribution in [2.75, 3.05) is 4.90 Å². The Morgan fingerprint density at radius 2 is 1.95 bits per heavy atom. The fraction of sp³-hybridized carbons (Fsp3) is 0.400. The molecule has 1 aromatic rings. The van der Waals surface area contributed by atoms with E-state index in [9.17, 15) is 9.59 Å². The van der Waals surface area contributed by atoms with Crippen LogP contribution < -0.4 is 4.90 Å². The molecule has 0 radical (unpaired) electrons. The number of hydrogen-bond donors (Lipinski definition) is 0. The van der Waals surface area contributed by atoms with Gasteiger partial charge < -0.3 is 4.90 Å². The molecule has 1 fully saturated rings. The van der Waals surface area contributed by atoms with Crippen molar-refractivity contribution >= 4 is 29.0 Å². The number of amides is 1. The van der Waals surface area contributed by atoms with Crippen LogP contribution in [0.5, 0.6) is 0 Å². The topological polar surface area (TPSA) is 61.2 Å². The minimum absolute atomic E-state index is 0.109. The third kappa shape index (κ3) is 1.82. The summed E-state index contributed by atoms with van der Waals surface area (Å²) in [5, 5.41) is 9.28. The van der Waals surface area contributed by atoms with Crippen molar-refractivity contribution in [1.82, 2.24) is 0 Å². The Kier molecular flexibility index (Phi) is 3.35. The molecular formula is C15H15ClN2O2. The van der Waals surface area contributed by atoms with Crippen LogP contribution in [0, 0.1) is 23.7 Å². The summed E-state index contributed by atoms with van der Waals surface area (Å²) in [6.07, 6.45) is 0. The van der Waals surface area contributed by atoms with Gasteiger partial charge >= 0.3 is 0 Å². The maximum absolute atomic E-state index is 12.5. The van der Waals surface area contributed by atoms with Gasteiger partial charge in [0.2, 0.25) is 5.91 Å². The second-order valence-electron chi connectivity index (χ2n) is 5.52. The second kappa shape index (κ2) is 4.60. The van der Waals surface area contributed by atoms with E-state index in [1.165, 1.54) is 4.90 Å². The lowest BCUT2D eigenvalue weighted by molar-refractivity contribution is -0.132. The molecule has 1 atom stereocenters. The van der Waals surface area contributed by atoms with Crippen molar-refractivity contribution in [2.24, 2.45) is 5.41 Å². The largest absolute Gasteiger partial charge is 0.301 e. The zero-order valence-electron chi connectivity index (χ0n) is 11.8. The van der Waals surface area contributed by atoms with Crippen LogP contribution in [-0.4, -0.2) is 17.7 Å². The van der Waals surface area contributed by atoms with Crippen LogP contribution in [0.1, 0.15) is 31.9 Å². The number of rotatable bonds is 1. The Morgan fingerprint density at radius 1 is 1.35 bits per heavy atom. The van der Waals surface area contributed by atoms with Crippen LogP contribution in [0.3, 0.4) is 0 Å². The number of halogens is 1. The normalized spacial score (nSPS) is 21.2. The Balaban J connectivity index is 2.59. The highest BCUT2D eigenvalue weighted by molar-refractivity contribution is 6.33. The molecule has 1 amide bonds. The van der Waals surface area contributed by atoms with Crippen molar-refractivity contribution in [3.8, 4) is 6.07 Å². The molecule has 2 rings (SSSR count). The lowest BCUT2D eigenvalue weighted by Crippen LogP contribution is -2.34. The SMILES string of the molecule is Cc1c(N2C(=O)C(C)(C)C(=O)C2C)ccc(C#N)c1Cl. The highest BCUT2D eigenvalue weighted by atomic mass is 35.5. The first-order valence-corrected chi connectivity index (χ1v) is 6.68. The zero-order valence-corrected chi connectivity index (χ0v) is 12.6. The predicted octanol–water partition coefficient (Wildman–Crippen LogP) is 2.85. The van der Waals surface area contributed by atoms with E-state index in [1.807, 2.05) is 6.07 Å². The first kappa shape index (κ1) is 14.5. The van der Waals surface area contributed by atoms with Gasteiger partial charge in [0.1, 0.15) is 11.5 Å². The summed E-state index contributed by atoms with van der Waals surface area (Å²) in [5.74, 6) is -0.346. The summed E-state index contributed by atoms with van der Waals surface area (Å²) in [5.41, 5.74) is 0.561. The lowest BCUT2D eigenvalue weighted by Gasteiger charge is -2.24. The Labute approximate surface area is 122 Å². The molecule has 1 aliphatic heterocycles. The fourth-order valence-electron chi connectivity index (χ4n) is 2.56. The van der Waals surface area contributed by atoms with E-state index in [4.69, 9.17) is 16.9 Å². The van der Waals surface area contributed by atoms with Crippen molar-refractivity contribution in [3.63, 3.8) is 0 Å². The van der Waals surface area contributed by atoms with Gasteiger partial charge in [-0.1, -0.05) is 11.6 Å². The number of Topliss-reactive ketones (excluding diaryl/α,β-unsaturated/α-hetero) is 1. The van der Waals surface area contributed by atoms with E-state index in [-0.39, 0.29) is 11.7 Å². The minimum Gasteiger partial charge on any atom is -0.301 e. The van der Waals surface area contributed by atoms with Gasteiger partial charge in [0.15, 0.2) is 5.78 Å². The molecule has 0 bridgehead atoms. The van der Waals surface area contributed by atoms with Crippen LogP contribution in [0.2, 0.25) is 5.02 Å². The molecule has 4 nitrogen and oxygen atoms in total. The summed E-state index contributed by atoms with van der Waals surface area (Å²) in [6.45, 7) is 6.72. The molecule has 20 heavy (non-hydrogen) atoms. The number of ketones is 1. The van der Waals surface area contributed by atoms with E-state index in [2.05, 4.69) is 0 Å². The number of hydrogen-bond acceptors (Lipinski definition) is 3. The fourth-order valence-corrected chi connectivity index (χ4v) is 2.76. The lowest BCUT2D eigenvalue weighted by atomic mass is 9.89. The molecular weight excluding hydrogens is 276 g/mol. The van der Waals surface area contributed by atoms with Gasteiger partial charge in [-0.3, -0.25) is 9.59 Å². The van der Waals surface area contributed by atoms with Crippen LogP contribution in [-0.2, 0) is 9.59 Å². The molecule has 0 saturated carbocycles.